The first-order chi connectivity index (χ1) is 9.58. The largest absolute Gasteiger partial charge is 0.310 e. The predicted molar refractivity (Wildman–Crippen MR) is 92.0 cm³/mol. The molecule has 2 nitrogen and oxygen atoms in total. The Kier molecular flexibility index (Phi) is 6.40. The van der Waals surface area contributed by atoms with Gasteiger partial charge in [-0.2, -0.15) is 0 Å². The lowest BCUT2D eigenvalue weighted by molar-refractivity contribution is 0.267. The van der Waals surface area contributed by atoms with E-state index in [4.69, 9.17) is 0 Å². The summed E-state index contributed by atoms with van der Waals surface area (Å²) in [4.78, 5) is 2.43. The molecule has 1 aliphatic heterocycles. The van der Waals surface area contributed by atoms with Crippen LogP contribution in [-0.2, 0) is 0 Å². The van der Waals surface area contributed by atoms with E-state index in [2.05, 4.69) is 49.5 Å². The normalized spacial score (nSPS) is 22.5. The van der Waals surface area contributed by atoms with Crippen molar-refractivity contribution in [2.75, 3.05) is 20.1 Å². The second-order valence-electron chi connectivity index (χ2n) is 6.12. The summed E-state index contributed by atoms with van der Waals surface area (Å²) in [7, 11) is 2.22. The minimum Gasteiger partial charge on any atom is -0.310 e. The molecule has 0 aliphatic carbocycles. The van der Waals surface area contributed by atoms with E-state index < -0.39 is 0 Å². The van der Waals surface area contributed by atoms with Crippen LogP contribution in [0.4, 0.5) is 0 Å². The van der Waals surface area contributed by atoms with E-state index in [0.29, 0.717) is 12.1 Å². The van der Waals surface area contributed by atoms with Gasteiger partial charge in [0.2, 0.25) is 0 Å². The Labute approximate surface area is 132 Å². The lowest BCUT2D eigenvalue weighted by Crippen LogP contribution is -2.29. The van der Waals surface area contributed by atoms with E-state index in [1.54, 1.807) is 0 Å². The maximum Gasteiger partial charge on any atom is 0.0649 e. The van der Waals surface area contributed by atoms with Crippen molar-refractivity contribution in [3.8, 4) is 0 Å². The van der Waals surface area contributed by atoms with E-state index in [1.807, 2.05) is 23.1 Å². The van der Waals surface area contributed by atoms with Gasteiger partial charge < -0.3 is 10.2 Å². The molecule has 0 aromatic carbocycles. The highest BCUT2D eigenvalue weighted by atomic mass is 32.2. The third-order valence-electron chi connectivity index (χ3n) is 4.12. The van der Waals surface area contributed by atoms with Crippen molar-refractivity contribution in [2.45, 2.75) is 61.6 Å². The Hall–Kier alpha value is -0.0300. The van der Waals surface area contributed by atoms with Crippen molar-refractivity contribution >= 4 is 23.1 Å². The van der Waals surface area contributed by atoms with Gasteiger partial charge >= 0.3 is 0 Å². The van der Waals surface area contributed by atoms with Gasteiger partial charge in [0.1, 0.15) is 0 Å². The first-order valence-electron chi connectivity index (χ1n) is 7.75. The number of fused-ring (bicyclic) bond motifs is 1. The molecule has 0 saturated carbocycles. The fraction of sp³-hybridized carbons (Fsp3) is 0.750. The van der Waals surface area contributed by atoms with E-state index in [-0.39, 0.29) is 0 Å². The summed E-state index contributed by atoms with van der Waals surface area (Å²) in [5.74, 6) is 0. The van der Waals surface area contributed by atoms with E-state index >= 15 is 0 Å². The number of unbranched alkanes of at least 4 members (excludes halogenated alkanes) is 1. The molecule has 0 saturated heterocycles. The van der Waals surface area contributed by atoms with Gasteiger partial charge in [-0.15, -0.1) is 23.1 Å². The summed E-state index contributed by atoms with van der Waals surface area (Å²) in [5.41, 5.74) is 1.54. The number of nitrogens with zero attached hydrogens (tertiary/aromatic N) is 1. The molecule has 114 valence electrons. The van der Waals surface area contributed by atoms with Crippen LogP contribution < -0.4 is 5.32 Å². The highest BCUT2D eigenvalue weighted by Crippen LogP contribution is 2.43. The number of thiophene rings is 1. The second-order valence-corrected chi connectivity index (χ2v) is 8.74. The Bertz CT molecular complexity index is 403. The van der Waals surface area contributed by atoms with Crippen LogP contribution in [0.15, 0.2) is 15.7 Å². The zero-order valence-corrected chi connectivity index (χ0v) is 14.8. The van der Waals surface area contributed by atoms with Gasteiger partial charge in [-0.3, -0.25) is 0 Å². The third-order valence-corrected chi connectivity index (χ3v) is 6.46. The van der Waals surface area contributed by atoms with Gasteiger partial charge in [0.25, 0.3) is 0 Å². The molecule has 2 rings (SSSR count). The summed E-state index contributed by atoms with van der Waals surface area (Å²) >= 11 is 3.94. The number of hydrogen-bond acceptors (Lipinski definition) is 4. The molecule has 2 heterocycles. The second kappa shape index (κ2) is 7.83. The molecule has 1 unspecified atom stereocenters. The van der Waals surface area contributed by atoms with Gasteiger partial charge in [0.05, 0.1) is 4.21 Å². The number of hydrogen-bond donors (Lipinski definition) is 1. The van der Waals surface area contributed by atoms with Crippen LogP contribution in [0.5, 0.6) is 0 Å². The maximum atomic E-state index is 3.77. The Balaban J connectivity index is 1.70. The topological polar surface area (TPSA) is 15.3 Å². The highest BCUT2D eigenvalue weighted by molar-refractivity contribution is 8.01. The van der Waals surface area contributed by atoms with Crippen molar-refractivity contribution in [3.63, 3.8) is 0 Å². The lowest BCUT2D eigenvalue weighted by atomic mass is 10.0. The van der Waals surface area contributed by atoms with Crippen LogP contribution in [0.1, 0.15) is 51.6 Å². The number of thioether (sulfide) groups is 1. The predicted octanol–water partition coefficient (Wildman–Crippen LogP) is 4.38. The molecule has 2 atom stereocenters. The molecular formula is C16H28N2S2. The summed E-state index contributed by atoms with van der Waals surface area (Å²) in [5, 5.41) is 6.75. The van der Waals surface area contributed by atoms with Crippen LogP contribution in [0, 0.1) is 0 Å². The van der Waals surface area contributed by atoms with Gasteiger partial charge in [-0.1, -0.05) is 6.92 Å². The number of rotatable bonds is 7. The summed E-state index contributed by atoms with van der Waals surface area (Å²) < 4.78 is 1.53. The molecule has 0 spiro atoms. The van der Waals surface area contributed by atoms with Crippen molar-refractivity contribution in [1.29, 1.82) is 0 Å². The van der Waals surface area contributed by atoms with Gasteiger partial charge in [-0.25, -0.2) is 0 Å². The summed E-state index contributed by atoms with van der Waals surface area (Å²) in [6, 6.07) is 3.55. The van der Waals surface area contributed by atoms with Gasteiger partial charge in [-0.05, 0) is 70.3 Å². The lowest BCUT2D eigenvalue weighted by Gasteiger charge is -2.28. The highest BCUT2D eigenvalue weighted by Gasteiger charge is 2.25. The number of nitrogens with one attached hydrogen (secondary N) is 1. The molecule has 1 N–H and O–H groups in total. The standard InChI is InChI=1S/C16H28N2S2/c1-12(2)18(4)9-6-5-8-17-15-11-13(3)20-16-14(15)7-10-19-16/h7,10,12-13,15,17H,5-6,8-9,11H2,1-4H3/t13-,15?/m0/s1. The minimum atomic E-state index is 0.579. The molecule has 0 bridgehead atoms. The van der Waals surface area contributed by atoms with Crippen molar-refractivity contribution < 1.29 is 0 Å². The van der Waals surface area contributed by atoms with Crippen molar-refractivity contribution in [2.24, 2.45) is 0 Å². The van der Waals surface area contributed by atoms with Crippen molar-refractivity contribution in [3.05, 3.63) is 17.0 Å². The zero-order valence-electron chi connectivity index (χ0n) is 13.2. The molecule has 0 fully saturated rings. The van der Waals surface area contributed by atoms with Crippen molar-refractivity contribution in [1.82, 2.24) is 10.2 Å². The van der Waals surface area contributed by atoms with Gasteiger partial charge in [0, 0.05) is 17.3 Å². The Morgan fingerprint density at radius 2 is 2.20 bits per heavy atom. The molecule has 1 aromatic heterocycles. The van der Waals surface area contributed by atoms with Crippen LogP contribution in [-0.4, -0.2) is 36.3 Å². The molecule has 0 amide bonds. The third kappa shape index (κ3) is 4.48. The minimum absolute atomic E-state index is 0.579. The van der Waals surface area contributed by atoms with E-state index in [9.17, 15) is 0 Å². The molecule has 0 radical (unpaired) electrons. The zero-order chi connectivity index (χ0) is 14.5. The average Bonchev–Trinajstić information content (AvgIpc) is 2.85. The van der Waals surface area contributed by atoms with Crippen LogP contribution in [0.2, 0.25) is 0 Å². The first-order valence-corrected chi connectivity index (χ1v) is 9.51. The van der Waals surface area contributed by atoms with Crippen LogP contribution >= 0.6 is 23.1 Å². The molecule has 1 aromatic rings. The Morgan fingerprint density at radius 3 is 2.95 bits per heavy atom. The van der Waals surface area contributed by atoms with E-state index in [1.165, 1.54) is 35.6 Å². The monoisotopic (exact) mass is 312 g/mol. The molecular weight excluding hydrogens is 284 g/mol. The smallest absolute Gasteiger partial charge is 0.0649 e. The Morgan fingerprint density at radius 1 is 1.40 bits per heavy atom. The average molecular weight is 313 g/mol. The van der Waals surface area contributed by atoms with E-state index in [0.717, 1.165) is 11.8 Å². The van der Waals surface area contributed by atoms with Gasteiger partial charge in [0.15, 0.2) is 0 Å². The summed E-state index contributed by atoms with van der Waals surface area (Å²) in [6.07, 6.45) is 3.82. The maximum absolute atomic E-state index is 3.77. The molecule has 1 aliphatic rings. The first kappa shape index (κ1) is 16.3. The SMILES string of the molecule is CC(C)N(C)CCCCNC1C[C@H](C)Sc2sccc21. The van der Waals surface area contributed by atoms with Crippen LogP contribution in [0.25, 0.3) is 0 Å². The molecule has 4 heteroatoms. The van der Waals surface area contributed by atoms with Crippen LogP contribution in [0.3, 0.4) is 0 Å². The molecule has 20 heavy (non-hydrogen) atoms. The quantitative estimate of drug-likeness (QED) is 0.752. The summed E-state index contributed by atoms with van der Waals surface area (Å²) in [6.45, 7) is 9.22. The fourth-order valence-electron chi connectivity index (χ4n) is 2.56. The fourth-order valence-corrected chi connectivity index (χ4v) is 5.13.